The van der Waals surface area contributed by atoms with Crippen molar-refractivity contribution in [1.82, 2.24) is 9.97 Å². The molecule has 0 aliphatic heterocycles. The second kappa shape index (κ2) is 7.23. The van der Waals surface area contributed by atoms with Crippen LogP contribution in [0, 0.1) is 20.8 Å². The molecular formula is C20H20N4O2. The van der Waals surface area contributed by atoms with Crippen molar-refractivity contribution in [2.45, 2.75) is 20.8 Å². The molecule has 132 valence electrons. The zero-order valence-electron chi connectivity index (χ0n) is 14.9. The van der Waals surface area contributed by atoms with E-state index in [9.17, 15) is 4.79 Å². The third-order valence-corrected chi connectivity index (χ3v) is 3.98. The lowest BCUT2D eigenvalue weighted by Gasteiger charge is -2.13. The Morgan fingerprint density at radius 3 is 2.19 bits per heavy atom. The van der Waals surface area contributed by atoms with Crippen molar-refractivity contribution in [2.75, 3.05) is 10.6 Å². The van der Waals surface area contributed by atoms with Crippen LogP contribution >= 0.6 is 0 Å². The van der Waals surface area contributed by atoms with E-state index in [1.54, 1.807) is 24.3 Å². The molecule has 2 aromatic carbocycles. The molecule has 6 nitrogen and oxygen atoms in total. The average Bonchev–Trinajstić information content (AvgIpc) is 2.58. The van der Waals surface area contributed by atoms with E-state index in [1.807, 2.05) is 45.0 Å². The largest absolute Gasteiger partial charge is 0.478 e. The third-order valence-electron chi connectivity index (χ3n) is 3.98. The molecule has 0 atom stereocenters. The van der Waals surface area contributed by atoms with Crippen LogP contribution in [-0.4, -0.2) is 21.0 Å². The number of aryl methyl sites for hydroxylation is 3. The van der Waals surface area contributed by atoms with Crippen LogP contribution in [0.25, 0.3) is 0 Å². The highest BCUT2D eigenvalue weighted by molar-refractivity contribution is 5.88. The number of hydrogen-bond acceptors (Lipinski definition) is 5. The highest BCUT2D eigenvalue weighted by atomic mass is 16.4. The molecule has 3 rings (SSSR count). The van der Waals surface area contributed by atoms with E-state index < -0.39 is 5.97 Å². The molecule has 0 spiro atoms. The Morgan fingerprint density at radius 1 is 0.923 bits per heavy atom. The Labute approximate surface area is 152 Å². The summed E-state index contributed by atoms with van der Waals surface area (Å²) in [7, 11) is 0. The summed E-state index contributed by atoms with van der Waals surface area (Å²) in [4.78, 5) is 19.9. The second-order valence-corrected chi connectivity index (χ2v) is 6.12. The minimum absolute atomic E-state index is 0.242. The van der Waals surface area contributed by atoms with E-state index in [0.29, 0.717) is 11.8 Å². The Kier molecular flexibility index (Phi) is 4.84. The van der Waals surface area contributed by atoms with E-state index in [-0.39, 0.29) is 5.56 Å². The molecule has 0 aliphatic carbocycles. The van der Waals surface area contributed by atoms with E-state index in [2.05, 4.69) is 20.6 Å². The second-order valence-electron chi connectivity index (χ2n) is 6.12. The van der Waals surface area contributed by atoms with Gasteiger partial charge in [0.05, 0.1) is 5.56 Å². The summed E-state index contributed by atoms with van der Waals surface area (Å²) in [5, 5.41) is 15.4. The van der Waals surface area contributed by atoms with Crippen LogP contribution in [0.5, 0.6) is 0 Å². The van der Waals surface area contributed by atoms with Crippen LogP contribution in [0.2, 0.25) is 0 Å². The molecule has 1 heterocycles. The molecule has 0 saturated carbocycles. The molecule has 0 bridgehead atoms. The standard InChI is InChI=1S/C20H20N4O2/c1-12-5-4-6-13(2)18(12)24-20-21-14(3)11-17(23-20)22-16-9-7-15(8-10-16)19(25)26/h4-11H,1-3H3,(H,25,26)(H2,21,22,23,24). The molecule has 6 heteroatoms. The van der Waals surface area contributed by atoms with Gasteiger partial charge in [0.2, 0.25) is 5.95 Å². The summed E-state index contributed by atoms with van der Waals surface area (Å²) in [6.45, 7) is 5.97. The fourth-order valence-electron chi connectivity index (χ4n) is 2.66. The SMILES string of the molecule is Cc1cc(Nc2ccc(C(=O)O)cc2)nc(Nc2c(C)cccc2C)n1. The van der Waals surface area contributed by atoms with E-state index >= 15 is 0 Å². The average molecular weight is 348 g/mol. The Hall–Kier alpha value is -3.41. The maximum atomic E-state index is 10.9. The van der Waals surface area contributed by atoms with Crippen LogP contribution < -0.4 is 10.6 Å². The third kappa shape index (κ3) is 3.97. The number of aromatic nitrogens is 2. The predicted molar refractivity (Wildman–Crippen MR) is 103 cm³/mol. The fraction of sp³-hybridized carbons (Fsp3) is 0.150. The Morgan fingerprint density at radius 2 is 1.58 bits per heavy atom. The molecule has 0 saturated heterocycles. The van der Waals surface area contributed by atoms with Gasteiger partial charge in [0.1, 0.15) is 5.82 Å². The van der Waals surface area contributed by atoms with Gasteiger partial charge in [0.15, 0.2) is 0 Å². The maximum absolute atomic E-state index is 10.9. The normalized spacial score (nSPS) is 10.4. The Bertz CT molecular complexity index is 932. The first-order chi connectivity index (χ1) is 12.4. The summed E-state index contributed by atoms with van der Waals surface area (Å²) in [5.41, 5.74) is 5.05. The topological polar surface area (TPSA) is 87.1 Å². The predicted octanol–water partition coefficient (Wildman–Crippen LogP) is 4.59. The van der Waals surface area contributed by atoms with Gasteiger partial charge in [-0.2, -0.15) is 4.98 Å². The molecule has 0 fully saturated rings. The molecule has 26 heavy (non-hydrogen) atoms. The summed E-state index contributed by atoms with van der Waals surface area (Å²) in [6.07, 6.45) is 0. The number of benzene rings is 2. The first-order valence-corrected chi connectivity index (χ1v) is 8.21. The molecule has 0 aliphatic rings. The van der Waals surface area contributed by atoms with Crippen LogP contribution in [0.3, 0.4) is 0 Å². The highest BCUT2D eigenvalue weighted by Gasteiger charge is 2.08. The van der Waals surface area contributed by atoms with Crippen LogP contribution in [0.1, 0.15) is 27.2 Å². The zero-order chi connectivity index (χ0) is 18.7. The van der Waals surface area contributed by atoms with E-state index in [4.69, 9.17) is 5.11 Å². The molecule has 1 aromatic heterocycles. The van der Waals surface area contributed by atoms with Crippen molar-refractivity contribution in [1.29, 1.82) is 0 Å². The summed E-state index contributed by atoms with van der Waals surface area (Å²) in [5.74, 6) is 0.191. The van der Waals surface area contributed by atoms with Gasteiger partial charge in [0.25, 0.3) is 0 Å². The van der Waals surface area contributed by atoms with Crippen molar-refractivity contribution >= 4 is 29.1 Å². The summed E-state index contributed by atoms with van der Waals surface area (Å²) < 4.78 is 0. The van der Waals surface area contributed by atoms with E-state index in [1.165, 1.54) is 0 Å². The van der Waals surface area contributed by atoms with Gasteiger partial charge in [-0.3, -0.25) is 0 Å². The van der Waals surface area contributed by atoms with Crippen LogP contribution in [0.4, 0.5) is 23.1 Å². The highest BCUT2D eigenvalue weighted by Crippen LogP contribution is 2.24. The van der Waals surface area contributed by atoms with Crippen molar-refractivity contribution in [2.24, 2.45) is 0 Å². The first-order valence-electron chi connectivity index (χ1n) is 8.21. The van der Waals surface area contributed by atoms with Gasteiger partial charge in [-0.15, -0.1) is 0 Å². The number of nitrogens with one attached hydrogen (secondary N) is 2. The van der Waals surface area contributed by atoms with Gasteiger partial charge in [-0.05, 0) is 56.2 Å². The molecule has 0 amide bonds. The molecule has 0 radical (unpaired) electrons. The lowest BCUT2D eigenvalue weighted by atomic mass is 10.1. The summed E-state index contributed by atoms with van der Waals surface area (Å²) in [6, 6.07) is 14.4. The smallest absolute Gasteiger partial charge is 0.335 e. The monoisotopic (exact) mass is 348 g/mol. The number of carboxylic acid groups (broad SMARTS) is 1. The lowest BCUT2D eigenvalue weighted by Crippen LogP contribution is -2.04. The number of nitrogens with zero attached hydrogens (tertiary/aromatic N) is 2. The number of hydrogen-bond donors (Lipinski definition) is 3. The number of rotatable bonds is 5. The number of para-hydroxylation sites is 1. The minimum atomic E-state index is -0.950. The van der Waals surface area contributed by atoms with Gasteiger partial charge in [-0.1, -0.05) is 18.2 Å². The quantitative estimate of drug-likeness (QED) is 0.625. The molecule has 3 aromatic rings. The zero-order valence-corrected chi connectivity index (χ0v) is 14.9. The number of carboxylic acids is 1. The van der Waals surface area contributed by atoms with Crippen molar-refractivity contribution < 1.29 is 9.90 Å². The number of anilines is 4. The molecular weight excluding hydrogens is 328 g/mol. The van der Waals surface area contributed by atoms with Crippen LogP contribution in [-0.2, 0) is 0 Å². The van der Waals surface area contributed by atoms with Crippen molar-refractivity contribution in [3.63, 3.8) is 0 Å². The van der Waals surface area contributed by atoms with Gasteiger partial charge < -0.3 is 15.7 Å². The maximum Gasteiger partial charge on any atom is 0.335 e. The fourth-order valence-corrected chi connectivity index (χ4v) is 2.66. The molecule has 3 N–H and O–H groups in total. The lowest BCUT2D eigenvalue weighted by molar-refractivity contribution is 0.0697. The first kappa shape index (κ1) is 17.4. The van der Waals surface area contributed by atoms with Gasteiger partial charge >= 0.3 is 5.97 Å². The minimum Gasteiger partial charge on any atom is -0.478 e. The van der Waals surface area contributed by atoms with Crippen LogP contribution in [0.15, 0.2) is 48.5 Å². The molecule has 0 unspecified atom stereocenters. The van der Waals surface area contributed by atoms with Gasteiger partial charge in [0, 0.05) is 23.1 Å². The van der Waals surface area contributed by atoms with E-state index in [0.717, 1.165) is 28.2 Å². The van der Waals surface area contributed by atoms with Crippen molar-refractivity contribution in [3.05, 3.63) is 70.9 Å². The summed E-state index contributed by atoms with van der Waals surface area (Å²) >= 11 is 0. The van der Waals surface area contributed by atoms with Crippen molar-refractivity contribution in [3.8, 4) is 0 Å². The number of carbonyl (C=O) groups is 1. The van der Waals surface area contributed by atoms with Gasteiger partial charge in [-0.25, -0.2) is 9.78 Å². The Balaban J connectivity index is 1.84. The number of aromatic carboxylic acids is 1.